The molecule has 0 aliphatic rings. The van der Waals surface area contributed by atoms with E-state index < -0.39 is 97.5 Å². The minimum Gasteiger partial charge on any atom is -0.462 e. The maximum atomic E-state index is 13.2. The quantitative estimate of drug-likeness (QED) is 0.0169. The summed E-state index contributed by atoms with van der Waals surface area (Å²) in [5, 5.41) is 10.7. The normalized spacial score (nSPS) is 14.6. The maximum Gasteiger partial charge on any atom is 0.472 e. The van der Waals surface area contributed by atoms with Crippen LogP contribution in [-0.2, 0) is 65.4 Å². The van der Waals surface area contributed by atoms with Crippen LogP contribution in [0.1, 0.15) is 336 Å². The first-order valence-corrected chi connectivity index (χ1v) is 46.4. The SMILES string of the molecule is CC/C=C\C/C=C\C/C=C\C/C=C\CCCCCCCCC(=O)OCC(COP(=O)(O)OCC(O)COP(=O)(O)OCC(COC(=O)CCCCCCCC/C=C\C/C=C\C/C=C\CCCCC)OC(=O)CCCCCC/C=C\C/C=C\C/C=C\C/C=C\CC)OC(=O)CCCCCCCCC/C=C\C/C=C\C/C=C\CC. The van der Waals surface area contributed by atoms with Crippen molar-refractivity contribution < 1.29 is 80.2 Å². The Labute approximate surface area is 680 Å². The van der Waals surface area contributed by atoms with Crippen molar-refractivity contribution in [2.24, 2.45) is 0 Å². The van der Waals surface area contributed by atoms with Gasteiger partial charge in [-0.15, -0.1) is 0 Å². The lowest BCUT2D eigenvalue weighted by atomic mass is 10.1. The molecule has 17 nitrogen and oxygen atoms in total. The second-order valence-electron chi connectivity index (χ2n) is 28.3. The van der Waals surface area contributed by atoms with E-state index in [2.05, 4.69) is 198 Å². The first-order valence-electron chi connectivity index (χ1n) is 43.4. The summed E-state index contributed by atoms with van der Waals surface area (Å²) in [5.41, 5.74) is 0. The lowest BCUT2D eigenvalue weighted by Gasteiger charge is -2.21. The number of hydrogen-bond acceptors (Lipinski definition) is 15. The fourth-order valence-corrected chi connectivity index (χ4v) is 12.7. The van der Waals surface area contributed by atoms with E-state index in [9.17, 15) is 43.2 Å². The molecule has 0 fully saturated rings. The summed E-state index contributed by atoms with van der Waals surface area (Å²) in [6.07, 6.45) is 100. The van der Waals surface area contributed by atoms with E-state index in [-0.39, 0.29) is 25.7 Å². The zero-order valence-electron chi connectivity index (χ0n) is 70.0. The molecule has 5 atom stereocenters. The summed E-state index contributed by atoms with van der Waals surface area (Å²) in [6.45, 7) is 4.47. The van der Waals surface area contributed by atoms with Crippen molar-refractivity contribution >= 4 is 39.5 Å². The maximum absolute atomic E-state index is 13.2. The minimum absolute atomic E-state index is 0.0585. The Bertz CT molecular complexity index is 2790. The molecule has 0 amide bonds. The Hall–Kier alpha value is -5.58. The number of rotatable bonds is 80. The van der Waals surface area contributed by atoms with Gasteiger partial charge in [0, 0.05) is 25.7 Å². The number of allylic oxidation sites excluding steroid dienone is 28. The van der Waals surface area contributed by atoms with Gasteiger partial charge in [-0.1, -0.05) is 307 Å². The smallest absolute Gasteiger partial charge is 0.462 e. The Morgan fingerprint density at radius 3 is 0.714 bits per heavy atom. The average Bonchev–Trinajstić information content (AvgIpc) is 0.895. The molecule has 0 aromatic carbocycles. The number of aliphatic hydroxyl groups excluding tert-OH is 1. The number of carbonyl (C=O) groups excluding carboxylic acids is 4. The van der Waals surface area contributed by atoms with Gasteiger partial charge in [0.2, 0.25) is 0 Å². The van der Waals surface area contributed by atoms with Gasteiger partial charge in [-0.25, -0.2) is 9.13 Å². The number of carbonyl (C=O) groups is 4. The summed E-state index contributed by atoms with van der Waals surface area (Å²) in [7, 11) is -10.0. The molecule has 0 radical (unpaired) electrons. The largest absolute Gasteiger partial charge is 0.472 e. The molecular weight excluding hydrogens is 1450 g/mol. The summed E-state index contributed by atoms with van der Waals surface area (Å²) in [5.74, 6) is -2.24. The van der Waals surface area contributed by atoms with E-state index in [1.165, 1.54) is 19.3 Å². The zero-order valence-corrected chi connectivity index (χ0v) is 71.8. The predicted octanol–water partition coefficient (Wildman–Crippen LogP) is 26.1. The second-order valence-corrected chi connectivity index (χ2v) is 31.2. The van der Waals surface area contributed by atoms with Crippen molar-refractivity contribution in [2.45, 2.75) is 354 Å². The van der Waals surface area contributed by atoms with Crippen LogP contribution < -0.4 is 0 Å². The molecule has 5 unspecified atom stereocenters. The fourth-order valence-electron chi connectivity index (χ4n) is 11.2. The highest BCUT2D eigenvalue weighted by atomic mass is 31.2. The number of esters is 4. The van der Waals surface area contributed by atoms with Crippen molar-refractivity contribution in [2.75, 3.05) is 39.6 Å². The van der Waals surface area contributed by atoms with Gasteiger partial charge in [0.25, 0.3) is 0 Å². The topological polar surface area (TPSA) is 237 Å². The highest BCUT2D eigenvalue weighted by molar-refractivity contribution is 7.47. The van der Waals surface area contributed by atoms with Crippen molar-refractivity contribution in [1.82, 2.24) is 0 Å². The minimum atomic E-state index is -5.00. The number of aliphatic hydroxyl groups is 1. The van der Waals surface area contributed by atoms with Gasteiger partial charge in [-0.05, 0) is 173 Å². The van der Waals surface area contributed by atoms with Crippen LogP contribution in [0.3, 0.4) is 0 Å². The van der Waals surface area contributed by atoms with E-state index in [1.54, 1.807) is 0 Å². The standard InChI is InChI=1S/C93H154O17P2/c1-5-9-13-17-21-25-29-33-37-41-43-47-49-53-57-61-65-69-73-77-90(95)103-83-88(109-92(97)79-75-71-67-63-59-55-51-45-39-35-31-27-23-19-15-11-7-3)85-107-111(99,100)105-81-87(94)82-106-112(101,102)108-86-89(110-93(98)80-76-72-68-64-60-56-52-46-40-36-32-28-24-20-16-12-8-4)84-104-91(96)78-74-70-66-62-58-54-50-48-44-42-38-34-30-26-22-18-14-10-6-2/h9,11-13,15-16,21-28,33-40,43-44,47-48,52,56,87-89,94H,5-8,10,14,17-20,29-32,41-42,45-46,49-51,53-55,57-86H2,1-4H3,(H,99,100)(H,101,102)/b13-9-,15-11-,16-12-,25-21-,26-22-,27-23-,28-24-,37-33-,38-34-,39-35-,40-36-,47-43-,48-44-,56-52-. The average molecular weight is 1610 g/mol. The Morgan fingerprint density at radius 1 is 0.259 bits per heavy atom. The zero-order chi connectivity index (χ0) is 81.7. The summed E-state index contributed by atoms with van der Waals surface area (Å²) in [4.78, 5) is 73.4. The Balaban J connectivity index is 5.45. The van der Waals surface area contributed by atoms with Crippen LogP contribution in [-0.4, -0.2) is 96.7 Å². The molecule has 19 heteroatoms. The molecule has 0 aliphatic carbocycles. The van der Waals surface area contributed by atoms with Crippen LogP contribution in [0.2, 0.25) is 0 Å². The van der Waals surface area contributed by atoms with Gasteiger partial charge >= 0.3 is 39.5 Å². The predicted molar refractivity (Wildman–Crippen MR) is 463 cm³/mol. The van der Waals surface area contributed by atoms with E-state index in [0.29, 0.717) is 25.7 Å². The highest BCUT2D eigenvalue weighted by Crippen LogP contribution is 2.45. The molecule has 0 heterocycles. The summed E-state index contributed by atoms with van der Waals surface area (Å²) >= 11 is 0. The summed E-state index contributed by atoms with van der Waals surface area (Å²) in [6, 6.07) is 0. The molecule has 0 aliphatic heterocycles. The fraction of sp³-hybridized carbons (Fsp3) is 0.656. The Kier molecular flexibility index (Phi) is 79.2. The van der Waals surface area contributed by atoms with E-state index in [1.807, 2.05) is 0 Å². The molecule has 0 rings (SSSR count). The monoisotopic (exact) mass is 1610 g/mol. The molecule has 0 aromatic rings. The van der Waals surface area contributed by atoms with Crippen molar-refractivity contribution in [3.8, 4) is 0 Å². The number of phosphoric acid groups is 2. The van der Waals surface area contributed by atoms with Crippen LogP contribution in [0.4, 0.5) is 0 Å². The van der Waals surface area contributed by atoms with Crippen LogP contribution >= 0.6 is 15.6 Å². The summed E-state index contributed by atoms with van der Waals surface area (Å²) < 4.78 is 68.9. The van der Waals surface area contributed by atoms with Crippen molar-refractivity contribution in [3.05, 3.63) is 170 Å². The first kappa shape index (κ1) is 106. The molecule has 112 heavy (non-hydrogen) atoms. The molecule has 0 spiro atoms. The van der Waals surface area contributed by atoms with Crippen LogP contribution in [0.25, 0.3) is 0 Å². The number of unbranched alkanes of at least 4 members (excludes halogenated alkanes) is 26. The van der Waals surface area contributed by atoms with E-state index in [0.717, 1.165) is 238 Å². The second kappa shape index (κ2) is 83.4. The lowest BCUT2D eigenvalue weighted by Crippen LogP contribution is -2.30. The van der Waals surface area contributed by atoms with Crippen LogP contribution in [0.5, 0.6) is 0 Å². The molecule has 0 aromatic heterocycles. The van der Waals surface area contributed by atoms with Gasteiger partial charge in [0.15, 0.2) is 12.2 Å². The van der Waals surface area contributed by atoms with E-state index in [4.69, 9.17) is 37.0 Å². The third-order valence-electron chi connectivity index (χ3n) is 17.7. The van der Waals surface area contributed by atoms with Crippen LogP contribution in [0.15, 0.2) is 170 Å². The Morgan fingerprint density at radius 2 is 0.464 bits per heavy atom. The van der Waals surface area contributed by atoms with Gasteiger partial charge in [0.1, 0.15) is 19.3 Å². The van der Waals surface area contributed by atoms with Gasteiger partial charge in [0.05, 0.1) is 26.4 Å². The third-order valence-corrected chi connectivity index (χ3v) is 19.6. The van der Waals surface area contributed by atoms with Crippen LogP contribution in [0, 0.1) is 0 Å². The van der Waals surface area contributed by atoms with Gasteiger partial charge < -0.3 is 33.8 Å². The lowest BCUT2D eigenvalue weighted by molar-refractivity contribution is -0.161. The molecular formula is C93H154O17P2. The molecule has 0 bridgehead atoms. The van der Waals surface area contributed by atoms with Crippen molar-refractivity contribution in [1.29, 1.82) is 0 Å². The highest BCUT2D eigenvalue weighted by Gasteiger charge is 2.30. The number of phosphoric ester groups is 2. The van der Waals surface area contributed by atoms with E-state index >= 15 is 0 Å². The van der Waals surface area contributed by atoms with Crippen molar-refractivity contribution in [3.63, 3.8) is 0 Å². The van der Waals surface area contributed by atoms with Gasteiger partial charge in [-0.2, -0.15) is 0 Å². The first-order chi connectivity index (χ1) is 54.7. The third kappa shape index (κ3) is 82.4. The molecule has 638 valence electrons. The molecule has 0 saturated heterocycles. The number of hydrogen-bond donors (Lipinski definition) is 3. The van der Waals surface area contributed by atoms with Gasteiger partial charge in [-0.3, -0.25) is 37.3 Å². The molecule has 3 N–H and O–H groups in total. The number of ether oxygens (including phenoxy) is 4. The molecule has 0 saturated carbocycles.